The third-order valence-corrected chi connectivity index (χ3v) is 10.2. The van der Waals surface area contributed by atoms with Crippen molar-refractivity contribution in [2.24, 2.45) is 0 Å². The zero-order chi connectivity index (χ0) is 30.2. The van der Waals surface area contributed by atoms with Gasteiger partial charge in [0.15, 0.2) is 0 Å². The van der Waals surface area contributed by atoms with Crippen molar-refractivity contribution in [3.63, 3.8) is 0 Å². The number of nitrogens with zero attached hydrogens (tertiary/aromatic N) is 4. The standard InChI is InChI=1S/C41H24N4S/c1-2-12-25(13-3-1)26-14-10-15-27(24-26)37-38-32(20-11-23-42-38)43-41(44-37)45-33-21-8-6-18-30(33)35-28-16-4-5-17-29(28)40-36(39(35)45)31-19-7-9-22-34(31)46-40/h1-24H. The van der Waals surface area contributed by atoms with Crippen molar-refractivity contribution in [3.8, 4) is 28.3 Å². The van der Waals surface area contributed by atoms with Crippen LogP contribution in [0.3, 0.4) is 0 Å². The van der Waals surface area contributed by atoms with Crippen LogP contribution in [0.4, 0.5) is 0 Å². The van der Waals surface area contributed by atoms with E-state index in [1.165, 1.54) is 41.7 Å². The van der Waals surface area contributed by atoms with Crippen LogP contribution in [0, 0.1) is 0 Å². The van der Waals surface area contributed by atoms with Crippen LogP contribution in [0.15, 0.2) is 146 Å². The molecule has 214 valence electrons. The maximum Gasteiger partial charge on any atom is 0.235 e. The lowest BCUT2D eigenvalue weighted by Crippen LogP contribution is -2.04. The molecular weight excluding hydrogens is 581 g/mol. The average Bonchev–Trinajstić information content (AvgIpc) is 3.68. The lowest BCUT2D eigenvalue weighted by atomic mass is 10.00. The Morgan fingerprint density at radius 1 is 0.522 bits per heavy atom. The first-order valence-electron chi connectivity index (χ1n) is 15.4. The molecule has 0 atom stereocenters. The minimum Gasteiger partial charge on any atom is -0.277 e. The summed E-state index contributed by atoms with van der Waals surface area (Å²) in [5.74, 6) is 0.638. The van der Waals surface area contributed by atoms with Gasteiger partial charge in [-0.1, -0.05) is 109 Å². The van der Waals surface area contributed by atoms with Crippen LogP contribution in [0.1, 0.15) is 0 Å². The molecule has 10 rings (SSSR count). The van der Waals surface area contributed by atoms with Crippen LogP contribution in [0.5, 0.6) is 0 Å². The summed E-state index contributed by atoms with van der Waals surface area (Å²) in [6.07, 6.45) is 1.82. The molecule has 0 N–H and O–H groups in total. The number of hydrogen-bond donors (Lipinski definition) is 0. The topological polar surface area (TPSA) is 43.6 Å². The van der Waals surface area contributed by atoms with Gasteiger partial charge in [0, 0.05) is 48.1 Å². The fourth-order valence-electron chi connectivity index (χ4n) is 7.06. The van der Waals surface area contributed by atoms with Gasteiger partial charge in [-0.05, 0) is 46.8 Å². The Kier molecular flexibility index (Phi) is 5.41. The summed E-state index contributed by atoms with van der Waals surface area (Å²) in [7, 11) is 0. The minimum atomic E-state index is 0.638. The van der Waals surface area contributed by atoms with E-state index >= 15 is 0 Å². The molecule has 0 saturated heterocycles. The Balaban J connectivity index is 1.37. The number of rotatable bonds is 3. The molecule has 10 aromatic rings. The maximum absolute atomic E-state index is 5.39. The SMILES string of the molecule is c1ccc(-c2cccc(-c3nc(-n4c5ccccc5c5c6ccccc6c6sc7ccccc7c6c54)nc4cccnc34)c2)cc1. The van der Waals surface area contributed by atoms with Crippen LogP contribution in [-0.4, -0.2) is 19.5 Å². The second-order valence-electron chi connectivity index (χ2n) is 11.6. The smallest absolute Gasteiger partial charge is 0.235 e. The Morgan fingerprint density at radius 3 is 2.13 bits per heavy atom. The molecule has 0 radical (unpaired) electrons. The average molecular weight is 605 g/mol. The summed E-state index contributed by atoms with van der Waals surface area (Å²) in [4.78, 5) is 15.4. The molecule has 0 amide bonds. The molecule has 4 aromatic heterocycles. The lowest BCUT2D eigenvalue weighted by molar-refractivity contribution is 1.01. The van der Waals surface area contributed by atoms with Gasteiger partial charge in [-0.3, -0.25) is 9.55 Å². The number of hydrogen-bond acceptors (Lipinski definition) is 4. The van der Waals surface area contributed by atoms with E-state index in [1.54, 1.807) is 0 Å². The van der Waals surface area contributed by atoms with Gasteiger partial charge >= 0.3 is 0 Å². The first kappa shape index (κ1) is 25.4. The van der Waals surface area contributed by atoms with E-state index in [4.69, 9.17) is 15.0 Å². The summed E-state index contributed by atoms with van der Waals surface area (Å²) < 4.78 is 4.84. The highest BCUT2D eigenvalue weighted by Gasteiger charge is 2.23. The number of pyridine rings is 1. The van der Waals surface area contributed by atoms with E-state index in [0.717, 1.165) is 44.5 Å². The fraction of sp³-hybridized carbons (Fsp3) is 0. The van der Waals surface area contributed by atoms with Gasteiger partial charge in [0.25, 0.3) is 0 Å². The molecule has 46 heavy (non-hydrogen) atoms. The fourth-order valence-corrected chi connectivity index (χ4v) is 8.30. The predicted molar refractivity (Wildman–Crippen MR) is 193 cm³/mol. The minimum absolute atomic E-state index is 0.638. The zero-order valence-electron chi connectivity index (χ0n) is 24.6. The highest BCUT2D eigenvalue weighted by molar-refractivity contribution is 7.27. The van der Waals surface area contributed by atoms with Gasteiger partial charge in [0.05, 0.1) is 16.6 Å². The van der Waals surface area contributed by atoms with E-state index in [2.05, 4.69) is 126 Å². The Hall–Kier alpha value is -5.91. The molecule has 5 heteroatoms. The van der Waals surface area contributed by atoms with Crippen molar-refractivity contribution in [1.82, 2.24) is 19.5 Å². The van der Waals surface area contributed by atoms with Crippen LogP contribution in [0.25, 0.3) is 92.1 Å². The van der Waals surface area contributed by atoms with Gasteiger partial charge < -0.3 is 0 Å². The first-order valence-corrected chi connectivity index (χ1v) is 16.2. The van der Waals surface area contributed by atoms with Crippen LogP contribution in [-0.2, 0) is 0 Å². The molecule has 0 spiro atoms. The summed E-state index contributed by atoms with van der Waals surface area (Å²) in [5, 5.41) is 7.42. The Labute approximate surface area is 267 Å². The number of benzene rings is 6. The monoisotopic (exact) mass is 604 g/mol. The molecule has 0 aliphatic heterocycles. The van der Waals surface area contributed by atoms with Crippen LogP contribution < -0.4 is 0 Å². The molecular formula is C41H24N4S. The van der Waals surface area contributed by atoms with E-state index in [9.17, 15) is 0 Å². The highest BCUT2D eigenvalue weighted by Crippen LogP contribution is 2.47. The van der Waals surface area contributed by atoms with E-state index in [1.807, 2.05) is 35.7 Å². The molecule has 4 heterocycles. The van der Waals surface area contributed by atoms with Gasteiger partial charge in [0.2, 0.25) is 5.95 Å². The van der Waals surface area contributed by atoms with E-state index < -0.39 is 0 Å². The van der Waals surface area contributed by atoms with Crippen molar-refractivity contribution in [3.05, 3.63) is 146 Å². The normalized spacial score (nSPS) is 11.9. The quantitative estimate of drug-likeness (QED) is 0.201. The molecule has 0 aliphatic rings. The number of para-hydroxylation sites is 1. The third kappa shape index (κ3) is 3.63. The maximum atomic E-state index is 5.39. The second kappa shape index (κ2) is 9.80. The Morgan fingerprint density at radius 2 is 1.24 bits per heavy atom. The summed E-state index contributed by atoms with van der Waals surface area (Å²) in [6.45, 7) is 0. The summed E-state index contributed by atoms with van der Waals surface area (Å²) in [6, 6.07) is 49.2. The zero-order valence-corrected chi connectivity index (χ0v) is 25.4. The molecule has 6 aromatic carbocycles. The van der Waals surface area contributed by atoms with Crippen molar-refractivity contribution in [2.75, 3.05) is 0 Å². The molecule has 0 saturated carbocycles. The molecule has 0 unspecified atom stereocenters. The first-order chi connectivity index (χ1) is 22.8. The summed E-state index contributed by atoms with van der Waals surface area (Å²) >= 11 is 1.86. The molecule has 0 aliphatic carbocycles. The van der Waals surface area contributed by atoms with Crippen molar-refractivity contribution in [2.45, 2.75) is 0 Å². The number of thiophene rings is 1. The van der Waals surface area contributed by atoms with E-state index in [0.29, 0.717) is 5.95 Å². The van der Waals surface area contributed by atoms with Gasteiger partial charge in [-0.25, -0.2) is 9.97 Å². The van der Waals surface area contributed by atoms with Crippen molar-refractivity contribution >= 4 is 75.1 Å². The highest BCUT2D eigenvalue weighted by atomic mass is 32.1. The largest absolute Gasteiger partial charge is 0.277 e. The van der Waals surface area contributed by atoms with Crippen molar-refractivity contribution in [1.29, 1.82) is 0 Å². The molecule has 4 nitrogen and oxygen atoms in total. The van der Waals surface area contributed by atoms with Gasteiger partial charge in [-0.15, -0.1) is 11.3 Å². The number of aromatic nitrogens is 4. The third-order valence-electron chi connectivity index (χ3n) is 9.03. The van der Waals surface area contributed by atoms with Gasteiger partial charge in [0.1, 0.15) is 11.2 Å². The molecule has 0 bridgehead atoms. The number of fused-ring (bicyclic) bond motifs is 11. The second-order valence-corrected chi connectivity index (χ2v) is 12.7. The molecule has 0 fully saturated rings. The predicted octanol–water partition coefficient (Wildman–Crippen LogP) is 11.0. The van der Waals surface area contributed by atoms with Gasteiger partial charge in [-0.2, -0.15) is 0 Å². The Bertz CT molecular complexity index is 2810. The van der Waals surface area contributed by atoms with Crippen LogP contribution >= 0.6 is 11.3 Å². The summed E-state index contributed by atoms with van der Waals surface area (Å²) in [5.41, 5.74) is 7.94. The van der Waals surface area contributed by atoms with Crippen LogP contribution in [0.2, 0.25) is 0 Å². The lowest BCUT2D eigenvalue weighted by Gasteiger charge is -2.13. The van der Waals surface area contributed by atoms with E-state index in [-0.39, 0.29) is 0 Å². The van der Waals surface area contributed by atoms with Crippen molar-refractivity contribution < 1.29 is 0 Å².